The molecule has 2 aromatic carbocycles. The minimum atomic E-state index is -0.187. The molecule has 2 N–H and O–H groups in total. The van der Waals surface area contributed by atoms with Crippen molar-refractivity contribution < 1.29 is 4.79 Å². The lowest BCUT2D eigenvalue weighted by Crippen LogP contribution is -2.30. The SMILES string of the molecule is O=C(NCCc1cccc(Cl)c1)Nc1ccc(N2CCCCC2)cc1. The minimum Gasteiger partial charge on any atom is -0.372 e. The Bertz CT molecular complexity index is 696. The van der Waals surface area contributed by atoms with Gasteiger partial charge in [0.05, 0.1) is 0 Å². The van der Waals surface area contributed by atoms with Crippen molar-refractivity contribution in [3.05, 3.63) is 59.1 Å². The van der Waals surface area contributed by atoms with Gasteiger partial charge in [0.25, 0.3) is 0 Å². The number of hydrogen-bond donors (Lipinski definition) is 2. The number of nitrogens with zero attached hydrogens (tertiary/aromatic N) is 1. The van der Waals surface area contributed by atoms with Gasteiger partial charge < -0.3 is 15.5 Å². The van der Waals surface area contributed by atoms with Gasteiger partial charge in [-0.15, -0.1) is 0 Å². The number of amides is 2. The van der Waals surface area contributed by atoms with Gasteiger partial charge in [-0.25, -0.2) is 4.79 Å². The summed E-state index contributed by atoms with van der Waals surface area (Å²) in [7, 11) is 0. The van der Waals surface area contributed by atoms with E-state index in [4.69, 9.17) is 11.6 Å². The van der Waals surface area contributed by atoms with Crippen molar-refractivity contribution in [1.82, 2.24) is 5.32 Å². The van der Waals surface area contributed by atoms with Crippen molar-refractivity contribution in [3.63, 3.8) is 0 Å². The second kappa shape index (κ2) is 8.77. The summed E-state index contributed by atoms with van der Waals surface area (Å²) in [5.74, 6) is 0. The van der Waals surface area contributed by atoms with Gasteiger partial charge in [-0.2, -0.15) is 0 Å². The summed E-state index contributed by atoms with van der Waals surface area (Å²) >= 11 is 5.96. The van der Waals surface area contributed by atoms with Crippen molar-refractivity contribution in [2.75, 3.05) is 29.9 Å². The standard InChI is InChI=1S/C20H24ClN3O/c21-17-6-4-5-16(15-17)11-12-22-20(25)23-18-7-9-19(10-8-18)24-13-2-1-3-14-24/h4-10,15H,1-3,11-14H2,(H2,22,23,25). The number of nitrogens with one attached hydrogen (secondary N) is 2. The van der Waals surface area contributed by atoms with Crippen LogP contribution in [-0.2, 0) is 6.42 Å². The fourth-order valence-corrected chi connectivity index (χ4v) is 3.31. The number of piperidine rings is 1. The number of benzene rings is 2. The number of halogens is 1. The van der Waals surface area contributed by atoms with Gasteiger partial charge in [-0.3, -0.25) is 0 Å². The van der Waals surface area contributed by atoms with E-state index >= 15 is 0 Å². The van der Waals surface area contributed by atoms with Crippen LogP contribution in [0.2, 0.25) is 5.02 Å². The maximum Gasteiger partial charge on any atom is 0.319 e. The summed E-state index contributed by atoms with van der Waals surface area (Å²) in [6.45, 7) is 2.81. The molecular formula is C20H24ClN3O. The number of hydrogen-bond acceptors (Lipinski definition) is 2. The molecule has 2 aromatic rings. The molecule has 0 radical (unpaired) electrons. The van der Waals surface area contributed by atoms with Crippen LogP contribution in [0.25, 0.3) is 0 Å². The fourth-order valence-electron chi connectivity index (χ4n) is 3.10. The molecule has 132 valence electrons. The van der Waals surface area contributed by atoms with Crippen LogP contribution in [0.3, 0.4) is 0 Å². The number of rotatable bonds is 5. The third-order valence-electron chi connectivity index (χ3n) is 4.43. The molecule has 4 nitrogen and oxygen atoms in total. The van der Waals surface area contributed by atoms with Crippen molar-refractivity contribution in [2.45, 2.75) is 25.7 Å². The van der Waals surface area contributed by atoms with Crippen molar-refractivity contribution in [1.29, 1.82) is 0 Å². The van der Waals surface area contributed by atoms with Crippen molar-refractivity contribution in [2.24, 2.45) is 0 Å². The quantitative estimate of drug-likeness (QED) is 0.815. The average Bonchev–Trinajstić information content (AvgIpc) is 2.63. The Morgan fingerprint density at radius 2 is 1.80 bits per heavy atom. The first-order valence-electron chi connectivity index (χ1n) is 8.85. The maximum absolute atomic E-state index is 12.0. The molecule has 1 aliphatic rings. The van der Waals surface area contributed by atoms with Crippen LogP contribution in [0.5, 0.6) is 0 Å². The van der Waals surface area contributed by atoms with Crippen LogP contribution in [0.1, 0.15) is 24.8 Å². The highest BCUT2D eigenvalue weighted by Gasteiger charge is 2.10. The van der Waals surface area contributed by atoms with E-state index in [1.807, 2.05) is 36.4 Å². The molecule has 2 amide bonds. The zero-order chi connectivity index (χ0) is 17.5. The monoisotopic (exact) mass is 357 g/mol. The van der Waals surface area contributed by atoms with Gasteiger partial charge in [-0.05, 0) is 67.6 Å². The number of carbonyl (C=O) groups is 1. The van der Waals surface area contributed by atoms with E-state index in [1.54, 1.807) is 0 Å². The highest BCUT2D eigenvalue weighted by molar-refractivity contribution is 6.30. The lowest BCUT2D eigenvalue weighted by atomic mass is 10.1. The Morgan fingerprint density at radius 1 is 1.04 bits per heavy atom. The second-order valence-electron chi connectivity index (χ2n) is 6.36. The largest absolute Gasteiger partial charge is 0.372 e. The first-order chi connectivity index (χ1) is 12.2. The van der Waals surface area contributed by atoms with E-state index in [0.29, 0.717) is 6.54 Å². The molecule has 3 rings (SSSR count). The summed E-state index contributed by atoms with van der Waals surface area (Å²) in [6, 6.07) is 15.6. The van der Waals surface area contributed by atoms with Crippen LogP contribution in [0.4, 0.5) is 16.2 Å². The number of carbonyl (C=O) groups excluding carboxylic acids is 1. The third kappa shape index (κ3) is 5.40. The first-order valence-corrected chi connectivity index (χ1v) is 9.23. The molecule has 0 aliphatic carbocycles. The number of urea groups is 1. The summed E-state index contributed by atoms with van der Waals surface area (Å²) in [6.07, 6.45) is 4.59. The van der Waals surface area contributed by atoms with Gasteiger partial charge in [-0.1, -0.05) is 23.7 Å². The Labute approximate surface area is 154 Å². The molecule has 1 fully saturated rings. The molecule has 0 saturated carbocycles. The maximum atomic E-state index is 12.0. The van der Waals surface area contributed by atoms with Gasteiger partial charge in [0.2, 0.25) is 0 Å². The predicted octanol–water partition coefficient (Wildman–Crippen LogP) is 4.69. The van der Waals surface area contributed by atoms with E-state index < -0.39 is 0 Å². The van der Waals surface area contributed by atoms with Gasteiger partial charge in [0, 0.05) is 36.0 Å². The Hall–Kier alpha value is -2.20. The molecule has 0 aromatic heterocycles. The zero-order valence-electron chi connectivity index (χ0n) is 14.3. The molecule has 1 aliphatic heterocycles. The van der Waals surface area contributed by atoms with Crippen LogP contribution >= 0.6 is 11.6 Å². The topological polar surface area (TPSA) is 44.4 Å². The van der Waals surface area contributed by atoms with Crippen LogP contribution in [-0.4, -0.2) is 25.7 Å². The Kier molecular flexibility index (Phi) is 6.18. The van der Waals surface area contributed by atoms with Crippen molar-refractivity contribution >= 4 is 29.0 Å². The Balaban J connectivity index is 1.44. The van der Waals surface area contributed by atoms with E-state index in [2.05, 4.69) is 27.7 Å². The highest BCUT2D eigenvalue weighted by atomic mass is 35.5. The van der Waals surface area contributed by atoms with Gasteiger partial charge in [0.15, 0.2) is 0 Å². The highest BCUT2D eigenvalue weighted by Crippen LogP contribution is 2.21. The zero-order valence-corrected chi connectivity index (χ0v) is 15.1. The molecule has 0 bridgehead atoms. The molecule has 0 unspecified atom stereocenters. The smallest absolute Gasteiger partial charge is 0.319 e. The number of anilines is 2. The molecule has 1 heterocycles. The predicted molar refractivity (Wildman–Crippen MR) is 105 cm³/mol. The van der Waals surface area contributed by atoms with Crippen LogP contribution in [0, 0.1) is 0 Å². The van der Waals surface area contributed by atoms with E-state index in [1.165, 1.54) is 24.9 Å². The molecule has 5 heteroatoms. The lowest BCUT2D eigenvalue weighted by molar-refractivity contribution is 0.252. The van der Waals surface area contributed by atoms with E-state index in [-0.39, 0.29) is 6.03 Å². The third-order valence-corrected chi connectivity index (χ3v) is 4.67. The summed E-state index contributed by atoms with van der Waals surface area (Å²) in [5.41, 5.74) is 3.14. The minimum absolute atomic E-state index is 0.187. The average molecular weight is 358 g/mol. The first kappa shape index (κ1) is 17.6. The van der Waals surface area contributed by atoms with E-state index in [0.717, 1.165) is 35.8 Å². The summed E-state index contributed by atoms with van der Waals surface area (Å²) in [4.78, 5) is 14.4. The summed E-state index contributed by atoms with van der Waals surface area (Å²) < 4.78 is 0. The normalized spacial score (nSPS) is 14.2. The van der Waals surface area contributed by atoms with E-state index in [9.17, 15) is 4.79 Å². The molecule has 0 spiro atoms. The molecule has 0 atom stereocenters. The second-order valence-corrected chi connectivity index (χ2v) is 6.79. The van der Waals surface area contributed by atoms with Gasteiger partial charge >= 0.3 is 6.03 Å². The van der Waals surface area contributed by atoms with Gasteiger partial charge in [0.1, 0.15) is 0 Å². The summed E-state index contributed by atoms with van der Waals surface area (Å²) in [5, 5.41) is 6.47. The molecule has 25 heavy (non-hydrogen) atoms. The van der Waals surface area contributed by atoms with Crippen LogP contribution in [0.15, 0.2) is 48.5 Å². The van der Waals surface area contributed by atoms with Crippen LogP contribution < -0.4 is 15.5 Å². The molecular weight excluding hydrogens is 334 g/mol. The Morgan fingerprint density at radius 3 is 2.52 bits per heavy atom. The molecule has 1 saturated heterocycles. The lowest BCUT2D eigenvalue weighted by Gasteiger charge is -2.28. The fraction of sp³-hybridized carbons (Fsp3) is 0.350. The van der Waals surface area contributed by atoms with Crippen molar-refractivity contribution in [3.8, 4) is 0 Å².